The monoisotopic (exact) mass is 277 g/mol. The fraction of sp³-hybridized carbons (Fsp3) is 0.647. The third-order valence-electron chi connectivity index (χ3n) is 3.88. The third kappa shape index (κ3) is 5.04. The van der Waals surface area contributed by atoms with Crippen molar-refractivity contribution in [1.82, 2.24) is 5.32 Å². The molecule has 0 spiro atoms. The molecule has 1 N–H and O–H groups in total. The van der Waals surface area contributed by atoms with Crippen LogP contribution in [0, 0.1) is 0 Å². The number of ether oxygens (including phenoxy) is 2. The molecule has 112 valence electrons. The Hall–Kier alpha value is -1.22. The molecule has 1 saturated carbocycles. The maximum Gasteiger partial charge on any atom is 0.125 e. The van der Waals surface area contributed by atoms with E-state index in [-0.39, 0.29) is 0 Å². The van der Waals surface area contributed by atoms with Gasteiger partial charge in [0.1, 0.15) is 11.5 Å². The first kappa shape index (κ1) is 15.2. The Kier molecular flexibility index (Phi) is 6.19. The number of rotatable bonds is 10. The minimum atomic E-state index is 0.846. The molecule has 0 heterocycles. The Morgan fingerprint density at radius 2 is 1.85 bits per heavy atom. The summed E-state index contributed by atoms with van der Waals surface area (Å²) in [6.45, 7) is 1.19. The summed E-state index contributed by atoms with van der Waals surface area (Å²) in [5.74, 6) is 1.80. The molecular weight excluding hydrogens is 250 g/mol. The fourth-order valence-corrected chi connectivity index (χ4v) is 2.45. The van der Waals surface area contributed by atoms with Crippen LogP contribution in [0.4, 0.5) is 0 Å². The zero-order valence-corrected chi connectivity index (χ0v) is 12.8. The molecule has 1 aromatic carbocycles. The lowest BCUT2D eigenvalue weighted by molar-refractivity contribution is 0.390. The van der Waals surface area contributed by atoms with Crippen molar-refractivity contribution >= 4 is 0 Å². The Bertz CT molecular complexity index is 402. The van der Waals surface area contributed by atoms with Crippen molar-refractivity contribution in [3.63, 3.8) is 0 Å². The van der Waals surface area contributed by atoms with Crippen LogP contribution in [-0.4, -0.2) is 26.8 Å². The van der Waals surface area contributed by atoms with Gasteiger partial charge in [-0.3, -0.25) is 0 Å². The predicted molar refractivity (Wildman–Crippen MR) is 82.7 cm³/mol. The van der Waals surface area contributed by atoms with Crippen LogP contribution < -0.4 is 14.8 Å². The molecule has 2 rings (SSSR count). The highest BCUT2D eigenvalue weighted by molar-refractivity contribution is 5.40. The fourth-order valence-electron chi connectivity index (χ4n) is 2.45. The van der Waals surface area contributed by atoms with Gasteiger partial charge in [0.25, 0.3) is 0 Å². The smallest absolute Gasteiger partial charge is 0.125 e. The summed E-state index contributed by atoms with van der Waals surface area (Å²) in [6, 6.07) is 6.94. The van der Waals surface area contributed by atoms with E-state index in [1.165, 1.54) is 50.6 Å². The number of hydrogen-bond acceptors (Lipinski definition) is 3. The molecule has 0 unspecified atom stereocenters. The maximum atomic E-state index is 5.43. The van der Waals surface area contributed by atoms with Crippen molar-refractivity contribution in [2.45, 2.75) is 51.0 Å². The van der Waals surface area contributed by atoms with Gasteiger partial charge in [-0.1, -0.05) is 18.9 Å². The van der Waals surface area contributed by atoms with Crippen molar-refractivity contribution in [2.75, 3.05) is 20.8 Å². The van der Waals surface area contributed by atoms with Crippen LogP contribution in [-0.2, 0) is 6.42 Å². The Morgan fingerprint density at radius 1 is 1.05 bits per heavy atom. The SMILES string of the molecule is COc1ccc(CCCCCCNC2CC2)c(OC)c1. The van der Waals surface area contributed by atoms with Gasteiger partial charge in [0.2, 0.25) is 0 Å². The first-order valence-corrected chi connectivity index (χ1v) is 7.78. The molecule has 0 amide bonds. The summed E-state index contributed by atoms with van der Waals surface area (Å²) >= 11 is 0. The molecule has 0 aromatic heterocycles. The van der Waals surface area contributed by atoms with Gasteiger partial charge in [0, 0.05) is 12.1 Å². The second kappa shape index (κ2) is 8.15. The van der Waals surface area contributed by atoms with E-state index in [2.05, 4.69) is 11.4 Å². The zero-order chi connectivity index (χ0) is 14.2. The Labute approximate surface area is 122 Å². The van der Waals surface area contributed by atoms with Crippen LogP contribution in [0.3, 0.4) is 0 Å². The molecule has 0 saturated heterocycles. The minimum Gasteiger partial charge on any atom is -0.497 e. The summed E-state index contributed by atoms with van der Waals surface area (Å²) in [5.41, 5.74) is 1.28. The number of benzene rings is 1. The average molecular weight is 277 g/mol. The van der Waals surface area contributed by atoms with Gasteiger partial charge in [-0.2, -0.15) is 0 Å². The molecule has 1 aromatic rings. The van der Waals surface area contributed by atoms with Crippen LogP contribution in [0.2, 0.25) is 0 Å². The van der Waals surface area contributed by atoms with Gasteiger partial charge < -0.3 is 14.8 Å². The van der Waals surface area contributed by atoms with Crippen molar-refractivity contribution in [3.8, 4) is 11.5 Å². The molecule has 0 bridgehead atoms. The van der Waals surface area contributed by atoms with Crippen molar-refractivity contribution in [3.05, 3.63) is 23.8 Å². The van der Waals surface area contributed by atoms with Gasteiger partial charge in [-0.15, -0.1) is 0 Å². The van der Waals surface area contributed by atoms with E-state index < -0.39 is 0 Å². The van der Waals surface area contributed by atoms with Gasteiger partial charge in [0.05, 0.1) is 14.2 Å². The van der Waals surface area contributed by atoms with E-state index in [9.17, 15) is 0 Å². The van der Waals surface area contributed by atoms with Crippen molar-refractivity contribution in [1.29, 1.82) is 0 Å². The first-order chi connectivity index (χ1) is 9.83. The summed E-state index contributed by atoms with van der Waals surface area (Å²) in [6.07, 6.45) is 9.00. The number of hydrogen-bond donors (Lipinski definition) is 1. The summed E-state index contributed by atoms with van der Waals surface area (Å²) in [5, 5.41) is 3.56. The number of nitrogens with one attached hydrogen (secondary N) is 1. The molecular formula is C17H27NO2. The highest BCUT2D eigenvalue weighted by Gasteiger charge is 2.19. The molecule has 3 heteroatoms. The lowest BCUT2D eigenvalue weighted by Crippen LogP contribution is -2.17. The Morgan fingerprint density at radius 3 is 2.55 bits per heavy atom. The lowest BCUT2D eigenvalue weighted by Gasteiger charge is -2.10. The topological polar surface area (TPSA) is 30.5 Å². The van der Waals surface area contributed by atoms with Gasteiger partial charge in [-0.05, 0) is 50.3 Å². The van der Waals surface area contributed by atoms with Crippen LogP contribution in [0.25, 0.3) is 0 Å². The highest BCUT2D eigenvalue weighted by Crippen LogP contribution is 2.26. The number of aryl methyl sites for hydroxylation is 1. The standard InChI is InChI=1S/C17H27NO2/c1-19-16-11-8-14(17(13-16)20-2)7-5-3-4-6-12-18-15-9-10-15/h8,11,13,15,18H,3-7,9-10,12H2,1-2H3. The van der Waals surface area contributed by atoms with E-state index in [4.69, 9.17) is 9.47 Å². The highest BCUT2D eigenvalue weighted by atomic mass is 16.5. The van der Waals surface area contributed by atoms with E-state index in [1.54, 1.807) is 14.2 Å². The van der Waals surface area contributed by atoms with Crippen LogP contribution in [0.1, 0.15) is 44.1 Å². The van der Waals surface area contributed by atoms with E-state index in [0.29, 0.717) is 0 Å². The van der Waals surface area contributed by atoms with Gasteiger partial charge in [-0.25, -0.2) is 0 Å². The van der Waals surface area contributed by atoms with Crippen molar-refractivity contribution in [2.24, 2.45) is 0 Å². The van der Waals surface area contributed by atoms with E-state index >= 15 is 0 Å². The summed E-state index contributed by atoms with van der Waals surface area (Å²) in [7, 11) is 3.41. The number of methoxy groups -OCH3 is 2. The summed E-state index contributed by atoms with van der Waals surface area (Å²) < 4.78 is 10.6. The zero-order valence-electron chi connectivity index (χ0n) is 12.8. The van der Waals surface area contributed by atoms with Crippen LogP contribution in [0.5, 0.6) is 11.5 Å². The molecule has 1 aliphatic rings. The largest absolute Gasteiger partial charge is 0.497 e. The summed E-state index contributed by atoms with van der Waals surface area (Å²) in [4.78, 5) is 0. The lowest BCUT2D eigenvalue weighted by atomic mass is 10.0. The number of unbranched alkanes of at least 4 members (excludes halogenated alkanes) is 3. The van der Waals surface area contributed by atoms with Crippen molar-refractivity contribution < 1.29 is 9.47 Å². The molecule has 0 aliphatic heterocycles. The first-order valence-electron chi connectivity index (χ1n) is 7.78. The molecule has 20 heavy (non-hydrogen) atoms. The Balaban J connectivity index is 1.62. The van der Waals surface area contributed by atoms with Gasteiger partial charge in [0.15, 0.2) is 0 Å². The van der Waals surface area contributed by atoms with E-state index in [1.807, 2.05) is 12.1 Å². The predicted octanol–water partition coefficient (Wildman–Crippen LogP) is 3.56. The molecule has 1 fully saturated rings. The average Bonchev–Trinajstić information content (AvgIpc) is 3.30. The second-order valence-corrected chi connectivity index (χ2v) is 5.57. The van der Waals surface area contributed by atoms with Crippen LogP contribution in [0.15, 0.2) is 18.2 Å². The normalized spacial score (nSPS) is 14.3. The molecule has 0 atom stereocenters. The molecule has 3 nitrogen and oxygen atoms in total. The van der Waals surface area contributed by atoms with Gasteiger partial charge >= 0.3 is 0 Å². The minimum absolute atomic E-state index is 0.846. The second-order valence-electron chi connectivity index (χ2n) is 5.57. The third-order valence-corrected chi connectivity index (χ3v) is 3.88. The maximum absolute atomic E-state index is 5.43. The molecule has 0 radical (unpaired) electrons. The van der Waals surface area contributed by atoms with Crippen LogP contribution >= 0.6 is 0 Å². The van der Waals surface area contributed by atoms with E-state index in [0.717, 1.165) is 24.0 Å². The molecule has 1 aliphatic carbocycles. The quantitative estimate of drug-likeness (QED) is 0.663.